The van der Waals surface area contributed by atoms with Gasteiger partial charge in [0.05, 0.1) is 0 Å². The van der Waals surface area contributed by atoms with Crippen LogP contribution in [0.25, 0.3) is 0 Å². The summed E-state index contributed by atoms with van der Waals surface area (Å²) in [6.07, 6.45) is 1.86. The monoisotopic (exact) mass is 259 g/mol. The van der Waals surface area contributed by atoms with Gasteiger partial charge in [-0.05, 0) is 18.9 Å². The molecule has 0 bridgehead atoms. The average molecular weight is 259 g/mol. The summed E-state index contributed by atoms with van der Waals surface area (Å²) in [5.41, 5.74) is 2.62. The molecule has 0 saturated carbocycles. The first kappa shape index (κ1) is 13.7. The smallest absolute Gasteiger partial charge is 0.223 e. The van der Waals surface area contributed by atoms with Crippen LogP contribution in [0.1, 0.15) is 42.2 Å². The Kier molecular flexibility index (Phi) is 4.68. The van der Waals surface area contributed by atoms with Crippen LogP contribution in [0.2, 0.25) is 0 Å². The number of hydrogen-bond donors (Lipinski definition) is 1. The van der Waals surface area contributed by atoms with Gasteiger partial charge in [0.15, 0.2) is 5.82 Å². The molecular weight excluding hydrogens is 238 g/mol. The molecule has 2 aromatic rings. The zero-order valence-corrected chi connectivity index (χ0v) is 11.8. The molecule has 0 fully saturated rings. The third-order valence-electron chi connectivity index (χ3n) is 3.20. The van der Waals surface area contributed by atoms with Gasteiger partial charge in [-0.2, -0.15) is 4.98 Å². The maximum absolute atomic E-state index is 4.96. The molecule has 4 heteroatoms. The van der Waals surface area contributed by atoms with Gasteiger partial charge in [-0.3, -0.25) is 0 Å². The van der Waals surface area contributed by atoms with E-state index in [1.54, 1.807) is 0 Å². The van der Waals surface area contributed by atoms with E-state index in [2.05, 4.69) is 53.6 Å². The predicted molar refractivity (Wildman–Crippen MR) is 75.0 cm³/mol. The maximum atomic E-state index is 4.96. The van der Waals surface area contributed by atoms with E-state index in [1.165, 1.54) is 11.1 Å². The van der Waals surface area contributed by atoms with Crippen molar-refractivity contribution in [1.82, 2.24) is 15.5 Å². The standard InChI is InChI=1S/C15H21N3O/c1-4-14(13-7-5-11(2)6-8-13)16-10-9-15-17-12(3)19-18-15/h5-8,14,16H,4,9-10H2,1-3H3. The summed E-state index contributed by atoms with van der Waals surface area (Å²) < 4.78 is 4.96. The zero-order valence-electron chi connectivity index (χ0n) is 11.8. The fraction of sp³-hybridized carbons (Fsp3) is 0.467. The molecule has 4 nitrogen and oxygen atoms in total. The van der Waals surface area contributed by atoms with Gasteiger partial charge in [0.1, 0.15) is 0 Å². The summed E-state index contributed by atoms with van der Waals surface area (Å²) in [5, 5.41) is 7.44. The van der Waals surface area contributed by atoms with Gasteiger partial charge in [-0.25, -0.2) is 0 Å². The highest BCUT2D eigenvalue weighted by Crippen LogP contribution is 2.16. The quantitative estimate of drug-likeness (QED) is 0.866. The molecule has 102 valence electrons. The van der Waals surface area contributed by atoms with Gasteiger partial charge >= 0.3 is 0 Å². The number of nitrogens with zero attached hydrogens (tertiary/aromatic N) is 2. The molecule has 1 N–H and O–H groups in total. The third kappa shape index (κ3) is 3.89. The van der Waals surface area contributed by atoms with Crippen LogP contribution in [-0.2, 0) is 6.42 Å². The molecule has 0 saturated heterocycles. The van der Waals surface area contributed by atoms with E-state index in [9.17, 15) is 0 Å². The van der Waals surface area contributed by atoms with Crippen molar-refractivity contribution >= 4 is 0 Å². The molecule has 1 aromatic carbocycles. The number of aryl methyl sites for hydroxylation is 2. The number of rotatable bonds is 6. The van der Waals surface area contributed by atoms with Crippen LogP contribution in [0.4, 0.5) is 0 Å². The maximum Gasteiger partial charge on any atom is 0.223 e. The van der Waals surface area contributed by atoms with Crippen molar-refractivity contribution in [2.45, 2.75) is 39.7 Å². The lowest BCUT2D eigenvalue weighted by molar-refractivity contribution is 0.386. The first-order chi connectivity index (χ1) is 9.19. The molecule has 0 aliphatic heterocycles. The molecule has 1 unspecified atom stereocenters. The predicted octanol–water partition coefficient (Wildman–Crippen LogP) is 2.97. The van der Waals surface area contributed by atoms with E-state index in [0.29, 0.717) is 11.9 Å². The van der Waals surface area contributed by atoms with Crippen molar-refractivity contribution < 1.29 is 4.52 Å². The average Bonchev–Trinajstić information content (AvgIpc) is 2.82. The Morgan fingerprint density at radius 2 is 1.95 bits per heavy atom. The number of nitrogens with one attached hydrogen (secondary N) is 1. The van der Waals surface area contributed by atoms with Gasteiger partial charge in [0, 0.05) is 25.9 Å². The summed E-state index contributed by atoms with van der Waals surface area (Å²) in [6, 6.07) is 9.07. The van der Waals surface area contributed by atoms with Crippen molar-refractivity contribution in [3.63, 3.8) is 0 Å². The second kappa shape index (κ2) is 6.48. The summed E-state index contributed by atoms with van der Waals surface area (Å²) >= 11 is 0. The van der Waals surface area contributed by atoms with Crippen LogP contribution < -0.4 is 5.32 Å². The minimum atomic E-state index is 0.383. The van der Waals surface area contributed by atoms with Crippen LogP contribution in [0, 0.1) is 13.8 Å². The summed E-state index contributed by atoms with van der Waals surface area (Å²) in [6.45, 7) is 6.96. The van der Waals surface area contributed by atoms with Gasteiger partial charge in [0.2, 0.25) is 5.89 Å². The highest BCUT2D eigenvalue weighted by Gasteiger charge is 2.09. The third-order valence-corrected chi connectivity index (χ3v) is 3.20. The Morgan fingerprint density at radius 3 is 2.53 bits per heavy atom. The lowest BCUT2D eigenvalue weighted by Crippen LogP contribution is -2.23. The van der Waals surface area contributed by atoms with E-state index in [1.807, 2.05) is 6.92 Å². The van der Waals surface area contributed by atoms with Crippen LogP contribution in [0.3, 0.4) is 0 Å². The molecule has 0 radical (unpaired) electrons. The van der Waals surface area contributed by atoms with Crippen LogP contribution in [0.5, 0.6) is 0 Å². The molecule has 1 aromatic heterocycles. The van der Waals surface area contributed by atoms with E-state index < -0.39 is 0 Å². The van der Waals surface area contributed by atoms with Crippen molar-refractivity contribution in [1.29, 1.82) is 0 Å². The van der Waals surface area contributed by atoms with Gasteiger partial charge in [-0.15, -0.1) is 0 Å². The lowest BCUT2D eigenvalue weighted by atomic mass is 10.0. The van der Waals surface area contributed by atoms with Crippen LogP contribution in [0.15, 0.2) is 28.8 Å². The van der Waals surface area contributed by atoms with Crippen molar-refractivity contribution in [2.75, 3.05) is 6.54 Å². The minimum Gasteiger partial charge on any atom is -0.340 e. The van der Waals surface area contributed by atoms with Gasteiger partial charge in [0.25, 0.3) is 0 Å². The second-order valence-electron chi connectivity index (χ2n) is 4.81. The molecule has 0 amide bonds. The molecular formula is C15H21N3O. The molecule has 1 heterocycles. The Balaban J connectivity index is 1.87. The van der Waals surface area contributed by atoms with Crippen molar-refractivity contribution in [3.8, 4) is 0 Å². The highest BCUT2D eigenvalue weighted by molar-refractivity contribution is 5.24. The molecule has 0 aliphatic rings. The largest absolute Gasteiger partial charge is 0.340 e. The van der Waals surface area contributed by atoms with E-state index >= 15 is 0 Å². The Morgan fingerprint density at radius 1 is 1.21 bits per heavy atom. The lowest BCUT2D eigenvalue weighted by Gasteiger charge is -2.17. The molecule has 0 aliphatic carbocycles. The second-order valence-corrected chi connectivity index (χ2v) is 4.81. The van der Waals surface area contributed by atoms with Crippen molar-refractivity contribution in [2.24, 2.45) is 0 Å². The Labute approximate surface area is 114 Å². The Hall–Kier alpha value is -1.68. The highest BCUT2D eigenvalue weighted by atomic mass is 16.5. The van der Waals surface area contributed by atoms with Crippen LogP contribution >= 0.6 is 0 Å². The first-order valence-corrected chi connectivity index (χ1v) is 6.78. The van der Waals surface area contributed by atoms with Gasteiger partial charge < -0.3 is 9.84 Å². The zero-order chi connectivity index (χ0) is 13.7. The number of hydrogen-bond acceptors (Lipinski definition) is 4. The molecule has 2 rings (SSSR count). The van der Waals surface area contributed by atoms with Crippen LogP contribution in [-0.4, -0.2) is 16.7 Å². The van der Waals surface area contributed by atoms with E-state index in [-0.39, 0.29) is 0 Å². The molecule has 1 atom stereocenters. The number of aromatic nitrogens is 2. The number of benzene rings is 1. The van der Waals surface area contributed by atoms with Gasteiger partial charge in [-0.1, -0.05) is 41.9 Å². The minimum absolute atomic E-state index is 0.383. The fourth-order valence-electron chi connectivity index (χ4n) is 2.10. The van der Waals surface area contributed by atoms with Crippen molar-refractivity contribution in [3.05, 3.63) is 47.1 Å². The Bertz CT molecular complexity index is 504. The summed E-state index contributed by atoms with van der Waals surface area (Å²) in [7, 11) is 0. The summed E-state index contributed by atoms with van der Waals surface area (Å²) in [5.74, 6) is 1.39. The normalized spacial score (nSPS) is 12.6. The molecule has 0 spiro atoms. The molecule has 19 heavy (non-hydrogen) atoms. The SMILES string of the molecule is CCC(NCCc1noc(C)n1)c1ccc(C)cc1. The fourth-order valence-corrected chi connectivity index (χ4v) is 2.10. The topological polar surface area (TPSA) is 51.0 Å². The van der Waals surface area contributed by atoms with E-state index in [4.69, 9.17) is 4.52 Å². The summed E-state index contributed by atoms with van der Waals surface area (Å²) in [4.78, 5) is 4.20. The van der Waals surface area contributed by atoms with E-state index in [0.717, 1.165) is 25.2 Å². The first-order valence-electron chi connectivity index (χ1n) is 6.78.